The number of ketones is 1. The molecule has 2 rings (SSSR count). The minimum atomic E-state index is -0.930. The molecule has 31 heavy (non-hydrogen) atoms. The fraction of sp³-hybridized carbons (Fsp3) is 0.500. The quantitative estimate of drug-likeness (QED) is 0.329. The van der Waals surface area contributed by atoms with Crippen LogP contribution in [-0.2, 0) is 25.5 Å². The maximum absolute atomic E-state index is 14.2. The van der Waals surface area contributed by atoms with Crippen molar-refractivity contribution >= 4 is 29.5 Å². The molecule has 0 aliphatic carbocycles. The van der Waals surface area contributed by atoms with Crippen molar-refractivity contribution < 1.29 is 33.0 Å². The van der Waals surface area contributed by atoms with Gasteiger partial charge in [-0.05, 0) is 65.2 Å². The monoisotopic (exact) mass is 434 g/mol. The number of alkyl carbamates (subject to hydrolysis) is 1. The van der Waals surface area contributed by atoms with Gasteiger partial charge in [-0.3, -0.25) is 4.79 Å². The number of Topliss-reactive ketones (excluding diaryl/α,β-unsaturated/α-hetero) is 1. The number of carbonyl (C=O) groups excluding carboxylic acids is 4. The van der Waals surface area contributed by atoms with Gasteiger partial charge >= 0.3 is 12.1 Å². The van der Waals surface area contributed by atoms with Gasteiger partial charge in [-0.25, -0.2) is 18.8 Å². The van der Waals surface area contributed by atoms with Crippen LogP contribution >= 0.6 is 0 Å². The zero-order chi connectivity index (χ0) is 23.3. The second kappa shape index (κ2) is 9.75. The molecule has 168 valence electrons. The van der Waals surface area contributed by atoms with E-state index in [1.54, 1.807) is 33.6 Å². The highest BCUT2D eigenvalue weighted by Crippen LogP contribution is 2.34. The Hall–Kier alpha value is -3.19. The fourth-order valence-corrected chi connectivity index (χ4v) is 3.37. The summed E-state index contributed by atoms with van der Waals surface area (Å²) in [5, 5.41) is 2.72. The van der Waals surface area contributed by atoms with E-state index in [4.69, 9.17) is 9.47 Å². The molecule has 0 radical (unpaired) electrons. The normalized spacial score (nSPS) is 15.8. The van der Waals surface area contributed by atoms with E-state index in [1.165, 1.54) is 17.9 Å². The number of hydrogen-bond donors (Lipinski definition) is 1. The number of hydrogen-bond acceptors (Lipinski definition) is 7. The van der Waals surface area contributed by atoms with E-state index in [-0.39, 0.29) is 24.4 Å². The number of esters is 1. The molecule has 1 heterocycles. The standard InChI is InChI=1S/C22H27FN2O6/c1-6-30-20(28)18(12-26)25-11-16(24-21(29)31-22(3,4)5)8-7-14-9-15(23)10-17(13(2)27)19(14)25/h9-10,16H,6-8,11H2,1-5H3,(H,24,29). The van der Waals surface area contributed by atoms with Crippen molar-refractivity contribution in [3.63, 3.8) is 0 Å². The Labute approximate surface area is 180 Å². The number of benzene rings is 1. The predicted octanol–water partition coefficient (Wildman–Crippen LogP) is 2.95. The number of halogens is 1. The Bertz CT molecular complexity index is 931. The summed E-state index contributed by atoms with van der Waals surface area (Å²) >= 11 is 0. The van der Waals surface area contributed by atoms with Gasteiger partial charge in [0.2, 0.25) is 5.70 Å². The molecule has 1 aromatic carbocycles. The first-order chi connectivity index (χ1) is 14.5. The molecule has 0 bridgehead atoms. The van der Waals surface area contributed by atoms with Crippen LogP contribution in [0.2, 0.25) is 0 Å². The number of nitrogens with one attached hydrogen (secondary N) is 1. The number of amides is 1. The summed E-state index contributed by atoms with van der Waals surface area (Å²) in [6.45, 7) is 7.99. The summed E-state index contributed by atoms with van der Waals surface area (Å²) in [7, 11) is 0. The first-order valence-corrected chi connectivity index (χ1v) is 9.99. The minimum absolute atomic E-state index is 0.0185. The van der Waals surface area contributed by atoms with E-state index >= 15 is 0 Å². The minimum Gasteiger partial charge on any atom is -0.461 e. The Kier molecular flexibility index (Phi) is 7.57. The fourth-order valence-electron chi connectivity index (χ4n) is 3.37. The van der Waals surface area contributed by atoms with Crippen LogP contribution < -0.4 is 10.2 Å². The predicted molar refractivity (Wildman–Crippen MR) is 111 cm³/mol. The molecule has 1 N–H and O–H groups in total. The zero-order valence-corrected chi connectivity index (χ0v) is 18.3. The number of aryl methyl sites for hydroxylation is 1. The highest BCUT2D eigenvalue weighted by atomic mass is 19.1. The van der Waals surface area contributed by atoms with Crippen LogP contribution in [0.15, 0.2) is 17.8 Å². The van der Waals surface area contributed by atoms with Crippen LogP contribution in [0.5, 0.6) is 0 Å². The summed E-state index contributed by atoms with van der Waals surface area (Å²) in [5.74, 6) is -0.396. The number of carbonyl (C=O) groups is 3. The summed E-state index contributed by atoms with van der Waals surface area (Å²) in [6.07, 6.45) is -0.0215. The smallest absolute Gasteiger partial charge is 0.407 e. The van der Waals surface area contributed by atoms with Gasteiger partial charge in [0.15, 0.2) is 11.7 Å². The largest absolute Gasteiger partial charge is 0.461 e. The average molecular weight is 434 g/mol. The molecule has 0 saturated heterocycles. The van der Waals surface area contributed by atoms with E-state index in [0.717, 1.165) is 6.07 Å². The summed E-state index contributed by atoms with van der Waals surface area (Å²) in [5.41, 5.74) is -0.508. The van der Waals surface area contributed by atoms with Crippen LogP contribution in [0, 0.1) is 5.82 Å². The molecule has 1 aromatic rings. The molecule has 9 heteroatoms. The van der Waals surface area contributed by atoms with Crippen molar-refractivity contribution in [1.29, 1.82) is 0 Å². The van der Waals surface area contributed by atoms with E-state index in [2.05, 4.69) is 5.32 Å². The molecule has 1 atom stereocenters. The van der Waals surface area contributed by atoms with Crippen molar-refractivity contribution in [3.05, 3.63) is 34.8 Å². The van der Waals surface area contributed by atoms with Crippen LogP contribution in [0.1, 0.15) is 57.0 Å². The third kappa shape index (κ3) is 6.15. The highest BCUT2D eigenvalue weighted by molar-refractivity contribution is 6.06. The molecule has 0 saturated carbocycles. The van der Waals surface area contributed by atoms with Crippen LogP contribution in [0.3, 0.4) is 0 Å². The third-order valence-corrected chi connectivity index (χ3v) is 4.52. The molecule has 1 aliphatic heterocycles. The Morgan fingerprint density at radius 1 is 1.29 bits per heavy atom. The summed E-state index contributed by atoms with van der Waals surface area (Å²) in [4.78, 5) is 50.0. The molecule has 1 unspecified atom stereocenters. The lowest BCUT2D eigenvalue weighted by atomic mass is 10.00. The van der Waals surface area contributed by atoms with E-state index in [1.807, 2.05) is 0 Å². The van der Waals surface area contributed by atoms with E-state index in [0.29, 0.717) is 18.4 Å². The van der Waals surface area contributed by atoms with Crippen molar-refractivity contribution in [2.75, 3.05) is 18.1 Å². The van der Waals surface area contributed by atoms with Gasteiger partial charge in [0.25, 0.3) is 0 Å². The molecular weight excluding hydrogens is 407 g/mol. The van der Waals surface area contributed by atoms with Crippen LogP contribution in [0.25, 0.3) is 0 Å². The van der Waals surface area contributed by atoms with Crippen molar-refractivity contribution in [2.24, 2.45) is 0 Å². The highest BCUT2D eigenvalue weighted by Gasteiger charge is 2.33. The molecule has 8 nitrogen and oxygen atoms in total. The Balaban J connectivity index is 2.53. The van der Waals surface area contributed by atoms with E-state index in [9.17, 15) is 23.6 Å². The lowest BCUT2D eigenvalue weighted by Gasteiger charge is -2.29. The SMILES string of the molecule is CCOC(=O)C(=C=O)N1CC(NC(=O)OC(C)(C)C)CCc2cc(F)cc(C(C)=O)c21. The van der Waals surface area contributed by atoms with Gasteiger partial charge in [-0.1, -0.05) is 0 Å². The number of rotatable bonds is 5. The maximum atomic E-state index is 14.2. The molecule has 1 aliphatic rings. The summed E-state index contributed by atoms with van der Waals surface area (Å²) in [6, 6.07) is 1.74. The molecule has 0 fully saturated rings. The van der Waals surface area contributed by atoms with Crippen LogP contribution in [0.4, 0.5) is 14.9 Å². The number of nitrogens with zero attached hydrogens (tertiary/aromatic N) is 1. The topological polar surface area (TPSA) is 102 Å². The Morgan fingerprint density at radius 2 is 1.97 bits per heavy atom. The second-order valence-electron chi connectivity index (χ2n) is 8.18. The van der Waals surface area contributed by atoms with Crippen molar-refractivity contribution in [1.82, 2.24) is 5.32 Å². The van der Waals surface area contributed by atoms with Gasteiger partial charge in [0.05, 0.1) is 18.3 Å². The number of anilines is 1. The molecule has 0 spiro atoms. The maximum Gasteiger partial charge on any atom is 0.407 e. The van der Waals surface area contributed by atoms with Crippen molar-refractivity contribution in [2.45, 2.75) is 59.1 Å². The second-order valence-corrected chi connectivity index (χ2v) is 8.18. The molecular formula is C22H27FN2O6. The number of fused-ring (bicyclic) bond motifs is 1. The zero-order valence-electron chi connectivity index (χ0n) is 18.3. The Morgan fingerprint density at radius 3 is 2.52 bits per heavy atom. The van der Waals surface area contributed by atoms with Gasteiger partial charge in [0, 0.05) is 12.1 Å². The average Bonchev–Trinajstić information content (AvgIpc) is 2.80. The van der Waals surface area contributed by atoms with E-state index < -0.39 is 41.0 Å². The van der Waals surface area contributed by atoms with Gasteiger partial charge in [0.1, 0.15) is 11.4 Å². The first-order valence-electron chi connectivity index (χ1n) is 9.99. The lowest BCUT2D eigenvalue weighted by molar-refractivity contribution is -0.138. The van der Waals surface area contributed by atoms with Crippen molar-refractivity contribution in [3.8, 4) is 0 Å². The van der Waals surface area contributed by atoms with Gasteiger partial charge < -0.3 is 19.7 Å². The molecule has 0 aromatic heterocycles. The lowest BCUT2D eigenvalue weighted by Crippen LogP contribution is -2.46. The first kappa shape index (κ1) is 24.1. The van der Waals surface area contributed by atoms with Gasteiger partial charge in [-0.15, -0.1) is 0 Å². The number of ether oxygens (including phenoxy) is 2. The third-order valence-electron chi connectivity index (χ3n) is 4.52. The molecule has 1 amide bonds. The van der Waals surface area contributed by atoms with Crippen LogP contribution in [-0.4, -0.2) is 48.6 Å². The summed E-state index contributed by atoms with van der Waals surface area (Å²) < 4.78 is 24.4. The van der Waals surface area contributed by atoms with Gasteiger partial charge in [-0.2, -0.15) is 0 Å².